The maximum absolute atomic E-state index is 13.5. The van der Waals surface area contributed by atoms with Gasteiger partial charge < -0.3 is 14.8 Å². The van der Waals surface area contributed by atoms with E-state index < -0.39 is 32.6 Å². The lowest BCUT2D eigenvalue weighted by atomic mass is 9.81. The highest BCUT2D eigenvalue weighted by Crippen LogP contribution is 2.48. The number of nitrogens with one attached hydrogen (secondary N) is 1. The van der Waals surface area contributed by atoms with Crippen molar-refractivity contribution in [1.29, 1.82) is 0 Å². The van der Waals surface area contributed by atoms with E-state index in [1.807, 2.05) is 26.0 Å². The predicted octanol–water partition coefficient (Wildman–Crippen LogP) is 3.37. The van der Waals surface area contributed by atoms with Crippen molar-refractivity contribution < 1.29 is 22.7 Å². The molecule has 7 heteroatoms. The molecule has 0 aliphatic carbocycles. The molecule has 1 amide bonds. The fraction of sp³-hybridized carbons (Fsp3) is 0.409. The average Bonchev–Trinajstić information content (AvgIpc) is 2.66. The maximum Gasteiger partial charge on any atom is 0.242 e. The largest absolute Gasteiger partial charge is 0.497 e. The number of ether oxygens (including phenoxy) is 2. The summed E-state index contributed by atoms with van der Waals surface area (Å²) in [6.07, 6.45) is 0.368. The number of benzene rings is 2. The minimum absolute atomic E-state index is 0.154. The van der Waals surface area contributed by atoms with Crippen molar-refractivity contribution in [3.63, 3.8) is 0 Å². The molecule has 2 bridgehead atoms. The summed E-state index contributed by atoms with van der Waals surface area (Å²) in [6.45, 7) is 5.86. The Kier molecular flexibility index (Phi) is 4.61. The molecule has 1 saturated heterocycles. The van der Waals surface area contributed by atoms with Crippen molar-refractivity contribution in [3.05, 3.63) is 53.6 Å². The molecule has 2 aromatic rings. The Morgan fingerprint density at radius 1 is 1.17 bits per heavy atom. The number of piperidine rings is 1. The Balaban J connectivity index is 1.81. The number of sulfone groups is 1. The Morgan fingerprint density at radius 2 is 1.86 bits per heavy atom. The minimum atomic E-state index is -3.90. The molecule has 0 aromatic heterocycles. The van der Waals surface area contributed by atoms with E-state index in [1.165, 1.54) is 0 Å². The third kappa shape index (κ3) is 3.27. The van der Waals surface area contributed by atoms with Crippen LogP contribution in [0.15, 0.2) is 47.4 Å². The van der Waals surface area contributed by atoms with Crippen LogP contribution in [0.3, 0.4) is 0 Å². The van der Waals surface area contributed by atoms with Gasteiger partial charge in [-0.2, -0.15) is 0 Å². The summed E-state index contributed by atoms with van der Waals surface area (Å²) in [7, 11) is -2.35. The predicted molar refractivity (Wildman–Crippen MR) is 109 cm³/mol. The second-order valence-corrected chi connectivity index (χ2v) is 10.3. The van der Waals surface area contributed by atoms with Gasteiger partial charge in [-0.3, -0.25) is 4.79 Å². The Hall–Kier alpha value is -2.54. The Labute approximate surface area is 171 Å². The zero-order chi connectivity index (χ0) is 21.0. The zero-order valence-corrected chi connectivity index (χ0v) is 17.7. The fourth-order valence-electron chi connectivity index (χ4n) is 4.26. The van der Waals surface area contributed by atoms with Gasteiger partial charge in [-0.1, -0.05) is 26.0 Å². The summed E-state index contributed by atoms with van der Waals surface area (Å²) in [6, 6.07) is 12.1. The lowest BCUT2D eigenvalue weighted by Gasteiger charge is -2.46. The molecule has 0 unspecified atom stereocenters. The van der Waals surface area contributed by atoms with Crippen LogP contribution < -0.4 is 14.8 Å². The number of amides is 1. The highest BCUT2D eigenvalue weighted by atomic mass is 32.2. The van der Waals surface area contributed by atoms with Crippen molar-refractivity contribution in [1.82, 2.24) is 5.32 Å². The van der Waals surface area contributed by atoms with Gasteiger partial charge in [0.05, 0.1) is 12.0 Å². The molecule has 1 fully saturated rings. The number of carbonyl (C=O) groups excluding carboxylic acids is 1. The SMILES string of the molecule is COc1ccc2c(c1)[C@@H]1C[C@@](C)(NC(=O)[C@H]1S(=O)(=O)c1ccc(C(C)C)cc1)O2. The van der Waals surface area contributed by atoms with E-state index in [0.29, 0.717) is 29.4 Å². The van der Waals surface area contributed by atoms with E-state index >= 15 is 0 Å². The fourth-order valence-corrected chi connectivity index (χ4v) is 6.08. The molecular formula is C22H25NO5S. The first kappa shape index (κ1) is 19.8. The van der Waals surface area contributed by atoms with Crippen LogP contribution in [0, 0.1) is 0 Å². The van der Waals surface area contributed by atoms with E-state index in [0.717, 1.165) is 5.56 Å². The minimum Gasteiger partial charge on any atom is -0.497 e. The van der Waals surface area contributed by atoms with Crippen molar-refractivity contribution in [3.8, 4) is 11.5 Å². The summed E-state index contributed by atoms with van der Waals surface area (Å²) < 4.78 is 38.3. The van der Waals surface area contributed by atoms with Crippen LogP contribution in [0.4, 0.5) is 0 Å². The quantitative estimate of drug-likeness (QED) is 0.828. The summed E-state index contributed by atoms with van der Waals surface area (Å²) in [5.74, 6) is 0.395. The van der Waals surface area contributed by atoms with E-state index in [4.69, 9.17) is 9.47 Å². The van der Waals surface area contributed by atoms with Crippen LogP contribution >= 0.6 is 0 Å². The highest BCUT2D eigenvalue weighted by Gasteiger charge is 2.54. The van der Waals surface area contributed by atoms with Crippen molar-refractivity contribution in [2.24, 2.45) is 0 Å². The second kappa shape index (κ2) is 6.76. The molecule has 154 valence electrons. The van der Waals surface area contributed by atoms with Gasteiger partial charge in [0.2, 0.25) is 5.91 Å². The molecule has 0 radical (unpaired) electrons. The summed E-state index contributed by atoms with van der Waals surface area (Å²) in [5.41, 5.74) is 0.798. The Morgan fingerprint density at radius 3 is 2.48 bits per heavy atom. The van der Waals surface area contributed by atoms with Gasteiger partial charge in [0.25, 0.3) is 0 Å². The average molecular weight is 416 g/mol. The lowest BCUT2D eigenvalue weighted by Crippen LogP contribution is -2.63. The van der Waals surface area contributed by atoms with Gasteiger partial charge in [0.1, 0.15) is 11.5 Å². The van der Waals surface area contributed by atoms with Crippen LogP contribution in [-0.4, -0.2) is 32.4 Å². The molecule has 3 atom stereocenters. The molecule has 6 nitrogen and oxygen atoms in total. The molecule has 0 saturated carbocycles. The third-order valence-electron chi connectivity index (χ3n) is 5.78. The molecule has 2 heterocycles. The summed E-state index contributed by atoms with van der Waals surface area (Å²) >= 11 is 0. The molecule has 2 aliphatic rings. The number of hydrogen-bond donors (Lipinski definition) is 1. The Bertz CT molecular complexity index is 1060. The van der Waals surface area contributed by atoms with Crippen molar-refractivity contribution in [2.75, 3.05) is 7.11 Å². The summed E-state index contributed by atoms with van der Waals surface area (Å²) in [4.78, 5) is 13.1. The van der Waals surface area contributed by atoms with Gasteiger partial charge in [-0.25, -0.2) is 8.42 Å². The normalized spacial score (nSPS) is 25.8. The number of rotatable bonds is 4. The van der Waals surface area contributed by atoms with Gasteiger partial charge >= 0.3 is 0 Å². The monoisotopic (exact) mass is 415 g/mol. The summed E-state index contributed by atoms with van der Waals surface area (Å²) in [5, 5.41) is 1.55. The van der Waals surface area contributed by atoms with Gasteiger partial charge in [0.15, 0.2) is 20.8 Å². The van der Waals surface area contributed by atoms with Crippen LogP contribution in [0.1, 0.15) is 50.2 Å². The van der Waals surface area contributed by atoms with Crippen LogP contribution in [0.25, 0.3) is 0 Å². The molecule has 0 spiro atoms. The molecule has 29 heavy (non-hydrogen) atoms. The number of hydrogen-bond acceptors (Lipinski definition) is 5. The first-order chi connectivity index (χ1) is 13.6. The zero-order valence-electron chi connectivity index (χ0n) is 16.9. The highest BCUT2D eigenvalue weighted by molar-refractivity contribution is 7.92. The molecule has 4 rings (SSSR count). The molecule has 1 N–H and O–H groups in total. The van der Waals surface area contributed by atoms with E-state index in [-0.39, 0.29) is 4.90 Å². The molecular weight excluding hydrogens is 390 g/mol. The second-order valence-electron chi connectivity index (χ2n) is 8.23. The number of fused-ring (bicyclic) bond motifs is 4. The first-order valence-electron chi connectivity index (χ1n) is 9.67. The molecule has 2 aromatic carbocycles. The smallest absolute Gasteiger partial charge is 0.242 e. The number of methoxy groups -OCH3 is 1. The van der Waals surface area contributed by atoms with Gasteiger partial charge in [-0.15, -0.1) is 0 Å². The maximum atomic E-state index is 13.5. The van der Waals surface area contributed by atoms with E-state index in [1.54, 1.807) is 44.4 Å². The van der Waals surface area contributed by atoms with Crippen molar-refractivity contribution >= 4 is 15.7 Å². The molecule has 2 aliphatic heterocycles. The third-order valence-corrected chi connectivity index (χ3v) is 7.92. The topological polar surface area (TPSA) is 81.7 Å². The van der Waals surface area contributed by atoms with Crippen molar-refractivity contribution in [2.45, 2.75) is 54.9 Å². The van der Waals surface area contributed by atoms with Crippen LogP contribution in [-0.2, 0) is 14.6 Å². The van der Waals surface area contributed by atoms with Crippen LogP contribution in [0.2, 0.25) is 0 Å². The van der Waals surface area contributed by atoms with Crippen LogP contribution in [0.5, 0.6) is 11.5 Å². The van der Waals surface area contributed by atoms with Gasteiger partial charge in [-0.05, 0) is 48.7 Å². The lowest BCUT2D eigenvalue weighted by molar-refractivity contribution is -0.132. The number of carbonyl (C=O) groups is 1. The first-order valence-corrected chi connectivity index (χ1v) is 11.2. The standard InChI is InChI=1S/C22H25NO5S/c1-13(2)14-5-8-16(9-6-14)29(25,26)20-18-12-22(3,23-21(20)24)28-19-10-7-15(27-4)11-17(18)19/h5-11,13,18,20H,12H2,1-4H3,(H,23,24)/t18-,20-,22-/m0/s1. The van der Waals surface area contributed by atoms with E-state index in [2.05, 4.69) is 5.32 Å². The van der Waals surface area contributed by atoms with E-state index in [9.17, 15) is 13.2 Å². The van der Waals surface area contributed by atoms with Gasteiger partial charge in [0, 0.05) is 17.9 Å².